The topological polar surface area (TPSA) is 117 Å². The Morgan fingerprint density at radius 2 is 1.67 bits per heavy atom. The van der Waals surface area contributed by atoms with Gasteiger partial charge < -0.3 is 19.6 Å². The highest BCUT2D eigenvalue weighted by Gasteiger charge is 2.31. The van der Waals surface area contributed by atoms with Crippen molar-refractivity contribution in [3.8, 4) is 0 Å². The quantitative estimate of drug-likeness (QED) is 0.774. The summed E-state index contributed by atoms with van der Waals surface area (Å²) in [6.07, 6.45) is 4.80. The molecule has 2 aliphatic rings. The lowest BCUT2D eigenvalue weighted by atomic mass is 9.97. The maximum atomic E-state index is 9.10. The van der Waals surface area contributed by atoms with Crippen molar-refractivity contribution in [2.75, 3.05) is 20.1 Å². The molecule has 2 fully saturated rings. The summed E-state index contributed by atoms with van der Waals surface area (Å²) in [5, 5.41) is 18.9. The summed E-state index contributed by atoms with van der Waals surface area (Å²) in [6, 6.07) is 0. The largest absolute Gasteiger partial charge is 0.473 e. The van der Waals surface area contributed by atoms with E-state index in [1.54, 1.807) is 0 Å². The van der Waals surface area contributed by atoms with Crippen molar-refractivity contribution in [3.63, 3.8) is 0 Å². The smallest absolute Gasteiger partial charge is 0.414 e. The highest BCUT2D eigenvalue weighted by molar-refractivity contribution is 6.27. The summed E-state index contributed by atoms with van der Waals surface area (Å²) >= 11 is 0. The third-order valence-corrected chi connectivity index (χ3v) is 3.65. The van der Waals surface area contributed by atoms with Crippen LogP contribution in [0.15, 0.2) is 4.52 Å². The minimum absolute atomic E-state index is 0.501. The molecule has 3 rings (SSSR count). The van der Waals surface area contributed by atoms with Gasteiger partial charge in [0.05, 0.1) is 0 Å². The summed E-state index contributed by atoms with van der Waals surface area (Å²) in [4.78, 5) is 25.1. The van der Waals surface area contributed by atoms with E-state index in [2.05, 4.69) is 22.1 Å². The Bertz CT molecular complexity index is 492. The van der Waals surface area contributed by atoms with E-state index >= 15 is 0 Å². The third-order valence-electron chi connectivity index (χ3n) is 3.65. The van der Waals surface area contributed by atoms with Crippen LogP contribution in [-0.2, 0) is 9.59 Å². The van der Waals surface area contributed by atoms with Gasteiger partial charge in [-0.05, 0) is 45.8 Å². The molecular formula is C13H19N3O5. The van der Waals surface area contributed by atoms with Gasteiger partial charge in [-0.15, -0.1) is 0 Å². The molecule has 0 radical (unpaired) electrons. The van der Waals surface area contributed by atoms with Gasteiger partial charge in [0.1, 0.15) is 0 Å². The van der Waals surface area contributed by atoms with Crippen LogP contribution < -0.4 is 0 Å². The summed E-state index contributed by atoms with van der Waals surface area (Å²) in [6.45, 7) is 2.29. The maximum Gasteiger partial charge on any atom is 0.414 e. The van der Waals surface area contributed by atoms with Crippen molar-refractivity contribution in [2.24, 2.45) is 0 Å². The molecule has 1 aliphatic heterocycles. The lowest BCUT2D eigenvalue weighted by Crippen LogP contribution is -2.29. The molecule has 8 nitrogen and oxygen atoms in total. The molecule has 0 spiro atoms. The normalized spacial score (nSPS) is 19.7. The molecule has 1 saturated carbocycles. The number of aromatic nitrogens is 2. The molecule has 0 amide bonds. The molecule has 1 aliphatic carbocycles. The summed E-state index contributed by atoms with van der Waals surface area (Å²) in [5.41, 5.74) is 0. The average Bonchev–Trinajstić information content (AvgIpc) is 3.18. The fourth-order valence-electron chi connectivity index (χ4n) is 2.18. The van der Waals surface area contributed by atoms with Crippen LogP contribution in [-0.4, -0.2) is 57.3 Å². The van der Waals surface area contributed by atoms with Gasteiger partial charge in [-0.1, -0.05) is 5.16 Å². The number of carboxylic acid groups (broad SMARTS) is 2. The van der Waals surface area contributed by atoms with E-state index < -0.39 is 11.9 Å². The van der Waals surface area contributed by atoms with Crippen molar-refractivity contribution in [1.82, 2.24) is 15.0 Å². The van der Waals surface area contributed by atoms with Gasteiger partial charge in [-0.2, -0.15) is 4.98 Å². The second-order valence-corrected chi connectivity index (χ2v) is 5.45. The van der Waals surface area contributed by atoms with Crippen LogP contribution in [0.5, 0.6) is 0 Å². The van der Waals surface area contributed by atoms with Gasteiger partial charge in [0.2, 0.25) is 5.89 Å². The van der Waals surface area contributed by atoms with E-state index in [1.165, 1.54) is 12.8 Å². The second kappa shape index (κ2) is 6.66. The standard InChI is InChI=1S/C11H17N3O.C2H2O4/c1-14-6-4-9(5-7-14)11-12-10(13-15-11)8-2-3-8;3-1(4)2(5)6/h8-9H,2-7H2,1H3;(H,3,4)(H,5,6). The number of carboxylic acids is 2. The summed E-state index contributed by atoms with van der Waals surface area (Å²) in [7, 11) is 2.17. The van der Waals surface area contributed by atoms with E-state index in [0.29, 0.717) is 11.8 Å². The molecule has 0 unspecified atom stereocenters. The number of rotatable bonds is 2. The third kappa shape index (κ3) is 4.52. The van der Waals surface area contributed by atoms with E-state index in [0.717, 1.165) is 37.6 Å². The van der Waals surface area contributed by atoms with Crippen LogP contribution in [0.3, 0.4) is 0 Å². The van der Waals surface area contributed by atoms with Gasteiger partial charge >= 0.3 is 11.9 Å². The Hall–Kier alpha value is -1.96. The number of likely N-dealkylation sites (tertiary alicyclic amines) is 1. The molecule has 8 heteroatoms. The fraction of sp³-hybridized carbons (Fsp3) is 0.692. The molecule has 1 aromatic heterocycles. The van der Waals surface area contributed by atoms with Crippen LogP contribution in [0, 0.1) is 0 Å². The lowest BCUT2D eigenvalue weighted by Gasteiger charge is -2.26. The number of hydrogen-bond acceptors (Lipinski definition) is 6. The first-order chi connectivity index (χ1) is 9.97. The zero-order valence-corrected chi connectivity index (χ0v) is 11.9. The van der Waals surface area contributed by atoms with Crippen LogP contribution in [0.2, 0.25) is 0 Å². The molecule has 0 atom stereocenters. The molecular weight excluding hydrogens is 278 g/mol. The fourth-order valence-corrected chi connectivity index (χ4v) is 2.18. The molecule has 1 aromatic rings. The highest BCUT2D eigenvalue weighted by Crippen LogP contribution is 2.39. The number of hydrogen-bond donors (Lipinski definition) is 2. The average molecular weight is 297 g/mol. The van der Waals surface area contributed by atoms with E-state index in [9.17, 15) is 0 Å². The van der Waals surface area contributed by atoms with Crippen LogP contribution in [0.25, 0.3) is 0 Å². The molecule has 21 heavy (non-hydrogen) atoms. The minimum Gasteiger partial charge on any atom is -0.473 e. The molecule has 116 valence electrons. The SMILES string of the molecule is CN1CCC(c2nc(C3CC3)no2)CC1.O=C(O)C(=O)O. The van der Waals surface area contributed by atoms with E-state index in [4.69, 9.17) is 24.3 Å². The van der Waals surface area contributed by atoms with Gasteiger partial charge in [0.25, 0.3) is 0 Å². The number of aliphatic carboxylic acids is 2. The minimum atomic E-state index is -1.82. The van der Waals surface area contributed by atoms with Crippen molar-refractivity contribution in [3.05, 3.63) is 11.7 Å². The van der Waals surface area contributed by atoms with Gasteiger partial charge in [-0.25, -0.2) is 9.59 Å². The van der Waals surface area contributed by atoms with Crippen LogP contribution in [0.1, 0.15) is 49.2 Å². The van der Waals surface area contributed by atoms with Gasteiger partial charge in [0.15, 0.2) is 5.82 Å². The first-order valence-corrected chi connectivity index (χ1v) is 6.95. The van der Waals surface area contributed by atoms with Gasteiger partial charge in [0, 0.05) is 11.8 Å². The van der Waals surface area contributed by atoms with Crippen molar-refractivity contribution in [2.45, 2.75) is 37.5 Å². The van der Waals surface area contributed by atoms with Crippen molar-refractivity contribution < 1.29 is 24.3 Å². The maximum absolute atomic E-state index is 9.10. The summed E-state index contributed by atoms with van der Waals surface area (Å²) < 4.78 is 5.36. The summed E-state index contributed by atoms with van der Waals surface area (Å²) in [5.74, 6) is -0.714. The lowest BCUT2D eigenvalue weighted by molar-refractivity contribution is -0.159. The first-order valence-electron chi connectivity index (χ1n) is 6.95. The Morgan fingerprint density at radius 3 is 2.14 bits per heavy atom. The molecule has 0 aromatic carbocycles. The predicted octanol–water partition coefficient (Wildman–Crippen LogP) is 0.912. The number of nitrogens with zero attached hydrogens (tertiary/aromatic N) is 3. The molecule has 2 heterocycles. The van der Waals surface area contributed by atoms with Crippen molar-refractivity contribution in [1.29, 1.82) is 0 Å². The monoisotopic (exact) mass is 297 g/mol. The molecule has 0 bridgehead atoms. The van der Waals surface area contributed by atoms with Crippen LogP contribution >= 0.6 is 0 Å². The van der Waals surface area contributed by atoms with E-state index in [-0.39, 0.29) is 0 Å². The second-order valence-electron chi connectivity index (χ2n) is 5.45. The zero-order valence-electron chi connectivity index (χ0n) is 11.9. The first kappa shape index (κ1) is 15.4. The predicted molar refractivity (Wildman–Crippen MR) is 71.0 cm³/mol. The number of piperidine rings is 1. The highest BCUT2D eigenvalue weighted by atomic mass is 16.5. The Balaban J connectivity index is 0.000000232. The Labute approximate surface area is 121 Å². The molecule has 1 saturated heterocycles. The van der Waals surface area contributed by atoms with Gasteiger partial charge in [-0.3, -0.25) is 0 Å². The Kier molecular flexibility index (Phi) is 4.89. The Morgan fingerprint density at radius 1 is 1.10 bits per heavy atom. The van der Waals surface area contributed by atoms with E-state index in [1.807, 2.05) is 0 Å². The number of carbonyl (C=O) groups is 2. The van der Waals surface area contributed by atoms with Crippen molar-refractivity contribution >= 4 is 11.9 Å². The van der Waals surface area contributed by atoms with Crippen LogP contribution in [0.4, 0.5) is 0 Å². The molecule has 2 N–H and O–H groups in total. The zero-order chi connectivity index (χ0) is 15.4.